The minimum Gasteiger partial charge on any atom is -0.378 e. The number of rotatable bonds is 7. The summed E-state index contributed by atoms with van der Waals surface area (Å²) in [6.07, 6.45) is 0.775. The van der Waals surface area contributed by atoms with Crippen LogP contribution in [-0.2, 0) is 4.74 Å². The lowest BCUT2D eigenvalue weighted by molar-refractivity contribution is 0.0303. The predicted molar refractivity (Wildman–Crippen MR) is 130 cm³/mol. The minimum absolute atomic E-state index is 0.0454. The lowest BCUT2D eigenvalue weighted by atomic mass is 9.88. The smallest absolute Gasteiger partial charge is 0.319 e. The lowest BCUT2D eigenvalue weighted by Crippen LogP contribution is -2.40. The number of nitrogens with one attached hydrogen (secondary N) is 2. The van der Waals surface area contributed by atoms with E-state index in [1.807, 2.05) is 36.4 Å². The van der Waals surface area contributed by atoms with E-state index in [-0.39, 0.29) is 17.9 Å². The summed E-state index contributed by atoms with van der Waals surface area (Å²) in [6, 6.07) is 27.4. The third-order valence-electron chi connectivity index (χ3n) is 5.79. The second-order valence-electron chi connectivity index (χ2n) is 8.03. The SMILES string of the molecule is O=C(NCCC(c1ccccc1)c1ccccc1)Nc1cccc(C(=O)N2CCOCC2)c1. The van der Waals surface area contributed by atoms with Crippen molar-refractivity contribution in [2.75, 3.05) is 38.2 Å². The molecule has 0 aliphatic carbocycles. The molecule has 0 aromatic heterocycles. The lowest BCUT2D eigenvalue weighted by Gasteiger charge is -2.27. The van der Waals surface area contributed by atoms with Gasteiger partial charge in [0, 0.05) is 36.8 Å². The summed E-state index contributed by atoms with van der Waals surface area (Å²) in [7, 11) is 0. The monoisotopic (exact) mass is 443 g/mol. The summed E-state index contributed by atoms with van der Waals surface area (Å²) in [5.41, 5.74) is 3.60. The summed E-state index contributed by atoms with van der Waals surface area (Å²) < 4.78 is 5.31. The van der Waals surface area contributed by atoms with Crippen LogP contribution in [0.4, 0.5) is 10.5 Å². The average molecular weight is 444 g/mol. The van der Waals surface area contributed by atoms with Crippen LogP contribution in [0.1, 0.15) is 33.8 Å². The van der Waals surface area contributed by atoms with Gasteiger partial charge in [-0.05, 0) is 35.7 Å². The van der Waals surface area contributed by atoms with Gasteiger partial charge in [0.25, 0.3) is 5.91 Å². The highest BCUT2D eigenvalue weighted by Gasteiger charge is 2.19. The van der Waals surface area contributed by atoms with E-state index in [1.165, 1.54) is 11.1 Å². The van der Waals surface area contributed by atoms with E-state index in [0.717, 1.165) is 6.42 Å². The number of anilines is 1. The molecule has 1 heterocycles. The van der Waals surface area contributed by atoms with E-state index >= 15 is 0 Å². The van der Waals surface area contributed by atoms with Gasteiger partial charge in [-0.15, -0.1) is 0 Å². The van der Waals surface area contributed by atoms with Crippen molar-refractivity contribution in [1.29, 1.82) is 0 Å². The average Bonchev–Trinajstić information content (AvgIpc) is 2.88. The molecular formula is C27H29N3O3. The molecule has 1 aliphatic rings. The van der Waals surface area contributed by atoms with Crippen LogP contribution in [0, 0.1) is 0 Å². The molecular weight excluding hydrogens is 414 g/mol. The minimum atomic E-state index is -0.286. The molecule has 33 heavy (non-hydrogen) atoms. The van der Waals surface area contributed by atoms with Gasteiger partial charge in [-0.2, -0.15) is 0 Å². The normalized spacial score (nSPS) is 13.5. The maximum absolute atomic E-state index is 12.7. The molecule has 1 aliphatic heterocycles. The zero-order chi connectivity index (χ0) is 22.9. The summed E-state index contributed by atoms with van der Waals surface area (Å²) in [5, 5.41) is 5.80. The Labute approximate surface area is 194 Å². The number of carbonyl (C=O) groups is 2. The van der Waals surface area contributed by atoms with Gasteiger partial charge in [-0.1, -0.05) is 66.7 Å². The van der Waals surface area contributed by atoms with E-state index in [9.17, 15) is 9.59 Å². The van der Waals surface area contributed by atoms with Crippen LogP contribution in [0.5, 0.6) is 0 Å². The van der Waals surface area contributed by atoms with Crippen LogP contribution in [-0.4, -0.2) is 49.7 Å². The van der Waals surface area contributed by atoms with Gasteiger partial charge in [0.2, 0.25) is 0 Å². The maximum Gasteiger partial charge on any atom is 0.319 e. The van der Waals surface area contributed by atoms with Crippen molar-refractivity contribution in [1.82, 2.24) is 10.2 Å². The topological polar surface area (TPSA) is 70.7 Å². The van der Waals surface area contributed by atoms with Crippen LogP contribution >= 0.6 is 0 Å². The standard InChI is InChI=1S/C27H29N3O3/c31-26(30-16-18-33-19-17-30)23-12-7-13-24(20-23)29-27(32)28-15-14-25(21-8-3-1-4-9-21)22-10-5-2-6-11-22/h1-13,20,25H,14-19H2,(H2,28,29,32). The fraction of sp³-hybridized carbons (Fsp3) is 0.259. The van der Waals surface area contributed by atoms with E-state index in [4.69, 9.17) is 4.74 Å². The van der Waals surface area contributed by atoms with Gasteiger partial charge in [0.15, 0.2) is 0 Å². The number of nitrogens with zero attached hydrogens (tertiary/aromatic N) is 1. The van der Waals surface area contributed by atoms with Crippen LogP contribution in [0.2, 0.25) is 0 Å². The van der Waals surface area contributed by atoms with E-state index in [2.05, 4.69) is 34.9 Å². The van der Waals surface area contributed by atoms with Gasteiger partial charge >= 0.3 is 6.03 Å². The van der Waals surface area contributed by atoms with Gasteiger partial charge in [-0.3, -0.25) is 4.79 Å². The fourth-order valence-electron chi connectivity index (χ4n) is 4.08. The van der Waals surface area contributed by atoms with Crippen molar-refractivity contribution in [3.8, 4) is 0 Å². The number of hydrogen-bond donors (Lipinski definition) is 2. The molecule has 2 N–H and O–H groups in total. The predicted octanol–water partition coefficient (Wildman–Crippen LogP) is 4.50. The first-order valence-electron chi connectivity index (χ1n) is 11.3. The number of benzene rings is 3. The number of carbonyl (C=O) groups excluding carboxylic acids is 2. The maximum atomic E-state index is 12.7. The highest BCUT2D eigenvalue weighted by Crippen LogP contribution is 2.27. The van der Waals surface area contributed by atoms with Crippen molar-refractivity contribution in [2.24, 2.45) is 0 Å². The van der Waals surface area contributed by atoms with Gasteiger partial charge in [0.1, 0.15) is 0 Å². The zero-order valence-electron chi connectivity index (χ0n) is 18.6. The van der Waals surface area contributed by atoms with Crippen LogP contribution in [0.15, 0.2) is 84.9 Å². The first-order chi connectivity index (χ1) is 16.2. The Balaban J connectivity index is 1.34. The van der Waals surface area contributed by atoms with Crippen molar-refractivity contribution in [3.05, 3.63) is 102 Å². The van der Waals surface area contributed by atoms with Crippen LogP contribution in [0.3, 0.4) is 0 Å². The van der Waals surface area contributed by atoms with Crippen LogP contribution < -0.4 is 10.6 Å². The zero-order valence-corrected chi connectivity index (χ0v) is 18.6. The molecule has 4 rings (SSSR count). The Morgan fingerprint density at radius 1 is 0.848 bits per heavy atom. The Kier molecular flexibility index (Phi) is 7.72. The third-order valence-corrected chi connectivity index (χ3v) is 5.79. The van der Waals surface area contributed by atoms with Crippen molar-refractivity contribution in [3.63, 3.8) is 0 Å². The Morgan fingerprint density at radius 2 is 1.48 bits per heavy atom. The van der Waals surface area contributed by atoms with E-state index in [0.29, 0.717) is 44.1 Å². The molecule has 6 nitrogen and oxygen atoms in total. The summed E-state index contributed by atoms with van der Waals surface area (Å²) in [5.74, 6) is 0.151. The first-order valence-corrected chi connectivity index (χ1v) is 11.3. The molecule has 170 valence electrons. The van der Waals surface area contributed by atoms with E-state index < -0.39 is 0 Å². The summed E-state index contributed by atoms with van der Waals surface area (Å²) >= 11 is 0. The van der Waals surface area contributed by atoms with Gasteiger partial charge in [0.05, 0.1) is 13.2 Å². The van der Waals surface area contributed by atoms with E-state index in [1.54, 1.807) is 29.2 Å². The molecule has 0 bridgehead atoms. The molecule has 3 aromatic carbocycles. The van der Waals surface area contributed by atoms with Crippen molar-refractivity contribution in [2.45, 2.75) is 12.3 Å². The Bertz CT molecular complexity index is 1010. The molecule has 0 saturated carbocycles. The second kappa shape index (κ2) is 11.3. The quantitative estimate of drug-likeness (QED) is 0.565. The molecule has 6 heteroatoms. The molecule has 0 radical (unpaired) electrons. The molecule has 1 saturated heterocycles. The molecule has 1 fully saturated rings. The first kappa shape index (κ1) is 22.6. The largest absolute Gasteiger partial charge is 0.378 e. The Morgan fingerprint density at radius 3 is 2.12 bits per heavy atom. The molecule has 3 amide bonds. The molecule has 3 aromatic rings. The van der Waals surface area contributed by atoms with Crippen molar-refractivity contribution >= 4 is 17.6 Å². The highest BCUT2D eigenvalue weighted by molar-refractivity contribution is 5.97. The number of hydrogen-bond acceptors (Lipinski definition) is 3. The highest BCUT2D eigenvalue weighted by atomic mass is 16.5. The van der Waals surface area contributed by atoms with Gasteiger partial charge < -0.3 is 20.3 Å². The van der Waals surface area contributed by atoms with Crippen molar-refractivity contribution < 1.29 is 14.3 Å². The number of morpholine rings is 1. The number of ether oxygens (including phenoxy) is 1. The number of amides is 3. The Hall–Kier alpha value is -3.64. The third kappa shape index (κ3) is 6.20. The summed E-state index contributed by atoms with van der Waals surface area (Å²) in [4.78, 5) is 27.0. The van der Waals surface area contributed by atoms with Crippen LogP contribution in [0.25, 0.3) is 0 Å². The van der Waals surface area contributed by atoms with Gasteiger partial charge in [-0.25, -0.2) is 4.79 Å². The molecule has 0 unspecified atom stereocenters. The second-order valence-corrected chi connectivity index (χ2v) is 8.03. The fourth-order valence-corrected chi connectivity index (χ4v) is 4.08. The summed E-state index contributed by atoms with van der Waals surface area (Å²) in [6.45, 7) is 2.80. The molecule has 0 spiro atoms. The molecule has 0 atom stereocenters. The number of urea groups is 1.